The van der Waals surface area contributed by atoms with E-state index in [2.05, 4.69) is 40.4 Å². The number of carbonyl (C=O) groups excluding carboxylic acids is 1. The molecular formula is C13H26O2Si. The van der Waals surface area contributed by atoms with Crippen molar-refractivity contribution in [1.29, 1.82) is 0 Å². The van der Waals surface area contributed by atoms with Crippen LogP contribution in [-0.2, 0) is 9.22 Å². The first-order valence-electron chi connectivity index (χ1n) is 5.87. The van der Waals surface area contributed by atoms with Crippen molar-refractivity contribution in [3.63, 3.8) is 0 Å². The van der Waals surface area contributed by atoms with Crippen molar-refractivity contribution in [2.75, 3.05) is 0 Å². The fourth-order valence-electron chi connectivity index (χ4n) is 1.13. The minimum absolute atomic E-state index is 0.000162. The lowest BCUT2D eigenvalue weighted by Gasteiger charge is -2.39. The van der Waals surface area contributed by atoms with Gasteiger partial charge < -0.3 is 4.43 Å². The summed E-state index contributed by atoms with van der Waals surface area (Å²) in [5.41, 5.74) is 0. The highest BCUT2D eigenvalue weighted by atomic mass is 28.4. The lowest BCUT2D eigenvalue weighted by atomic mass is 10.0. The molecule has 0 unspecified atom stereocenters. The van der Waals surface area contributed by atoms with Crippen LogP contribution in [0, 0.1) is 5.92 Å². The summed E-state index contributed by atoms with van der Waals surface area (Å²) in [7, 11) is -1.88. The molecule has 1 atom stereocenters. The number of rotatable bonds is 5. The van der Waals surface area contributed by atoms with Crippen LogP contribution in [0.25, 0.3) is 0 Å². The lowest BCUT2D eigenvalue weighted by molar-refractivity contribution is -0.123. The summed E-state index contributed by atoms with van der Waals surface area (Å²) in [5, 5.41) is 0.127. The van der Waals surface area contributed by atoms with Gasteiger partial charge in [0.15, 0.2) is 14.1 Å². The van der Waals surface area contributed by atoms with Gasteiger partial charge in [0.25, 0.3) is 0 Å². The fourth-order valence-corrected chi connectivity index (χ4v) is 2.51. The third-order valence-electron chi connectivity index (χ3n) is 3.31. The lowest BCUT2D eigenvalue weighted by Crippen LogP contribution is -2.47. The average molecular weight is 242 g/mol. The zero-order chi connectivity index (χ0) is 13.1. The van der Waals surface area contributed by atoms with Crippen molar-refractivity contribution in [3.05, 3.63) is 12.7 Å². The molecule has 0 amide bonds. The maximum absolute atomic E-state index is 11.7. The van der Waals surface area contributed by atoms with Gasteiger partial charge in [-0.05, 0) is 30.1 Å². The summed E-state index contributed by atoms with van der Waals surface area (Å²) in [6.45, 7) is 18.4. The monoisotopic (exact) mass is 242 g/mol. The molecule has 0 heterocycles. The molecular weight excluding hydrogens is 216 g/mol. The van der Waals surface area contributed by atoms with E-state index in [1.807, 2.05) is 13.8 Å². The molecule has 0 radical (unpaired) electrons. The maximum Gasteiger partial charge on any atom is 0.193 e. The average Bonchev–Trinajstić information content (AvgIpc) is 2.10. The van der Waals surface area contributed by atoms with Gasteiger partial charge in [0, 0.05) is 0 Å². The van der Waals surface area contributed by atoms with Gasteiger partial charge in [-0.25, -0.2) is 0 Å². The van der Waals surface area contributed by atoms with Crippen molar-refractivity contribution in [3.8, 4) is 0 Å². The molecule has 0 saturated heterocycles. The molecule has 0 N–H and O–H groups in total. The molecule has 0 aromatic heterocycles. The van der Waals surface area contributed by atoms with Gasteiger partial charge in [-0.2, -0.15) is 0 Å². The number of hydrogen-bond acceptors (Lipinski definition) is 2. The summed E-state index contributed by atoms with van der Waals surface area (Å²) >= 11 is 0. The van der Waals surface area contributed by atoms with E-state index in [0.717, 1.165) is 0 Å². The zero-order valence-electron chi connectivity index (χ0n) is 11.8. The smallest absolute Gasteiger partial charge is 0.193 e. The Balaban J connectivity index is 4.90. The Morgan fingerprint density at radius 2 is 1.75 bits per heavy atom. The quantitative estimate of drug-likeness (QED) is 0.541. The van der Waals surface area contributed by atoms with Gasteiger partial charge >= 0.3 is 0 Å². The fraction of sp³-hybridized carbons (Fsp3) is 0.769. The van der Waals surface area contributed by atoms with E-state index in [1.54, 1.807) is 0 Å². The summed E-state index contributed by atoms with van der Waals surface area (Å²) < 4.78 is 6.13. The standard InChI is InChI=1S/C13H26O2Si/c1-9-11(14)12(10(2)3)15-16(7,8)13(4,5)6/h9-10,12H,1H2,2-8H3/t12-/m0/s1. The van der Waals surface area contributed by atoms with Gasteiger partial charge in [-0.3, -0.25) is 4.79 Å². The van der Waals surface area contributed by atoms with E-state index in [1.165, 1.54) is 6.08 Å². The van der Waals surface area contributed by atoms with Crippen LogP contribution in [0.1, 0.15) is 34.6 Å². The van der Waals surface area contributed by atoms with Crippen LogP contribution in [0.15, 0.2) is 12.7 Å². The molecule has 3 heteroatoms. The molecule has 0 aromatic carbocycles. The predicted octanol–water partition coefficient (Wildman–Crippen LogP) is 3.79. The molecule has 0 aliphatic rings. The first-order valence-corrected chi connectivity index (χ1v) is 8.78. The van der Waals surface area contributed by atoms with Crippen molar-refractivity contribution in [2.45, 2.75) is 58.9 Å². The highest BCUT2D eigenvalue weighted by Gasteiger charge is 2.40. The van der Waals surface area contributed by atoms with Crippen molar-refractivity contribution < 1.29 is 9.22 Å². The van der Waals surface area contributed by atoms with E-state index in [0.29, 0.717) is 0 Å². The van der Waals surface area contributed by atoms with Crippen molar-refractivity contribution in [1.82, 2.24) is 0 Å². The Labute approximate surface area is 101 Å². The van der Waals surface area contributed by atoms with E-state index in [4.69, 9.17) is 4.43 Å². The summed E-state index contributed by atoms with van der Waals surface area (Å²) in [5.74, 6) is 0.194. The topological polar surface area (TPSA) is 26.3 Å². The van der Waals surface area contributed by atoms with E-state index < -0.39 is 8.32 Å². The molecule has 0 aliphatic heterocycles. The SMILES string of the molecule is C=CC(=O)[C@@H](O[Si](C)(C)C(C)(C)C)C(C)C. The largest absolute Gasteiger partial charge is 0.406 e. The second kappa shape index (κ2) is 5.28. The molecule has 0 aliphatic carbocycles. The number of carbonyl (C=O) groups is 1. The van der Waals surface area contributed by atoms with Gasteiger partial charge in [0.05, 0.1) is 0 Å². The summed E-state index contributed by atoms with van der Waals surface area (Å²) in [6.07, 6.45) is 1.04. The minimum atomic E-state index is -1.88. The Morgan fingerprint density at radius 1 is 1.31 bits per heavy atom. The van der Waals surface area contributed by atoms with E-state index in [9.17, 15) is 4.79 Å². The van der Waals surface area contributed by atoms with Crippen molar-refractivity contribution in [2.24, 2.45) is 5.92 Å². The molecule has 2 nitrogen and oxygen atoms in total. The summed E-state index contributed by atoms with van der Waals surface area (Å²) in [6, 6.07) is 0. The van der Waals surface area contributed by atoms with Crippen LogP contribution in [-0.4, -0.2) is 20.2 Å². The Morgan fingerprint density at radius 3 is 2.00 bits per heavy atom. The van der Waals surface area contributed by atoms with Crippen LogP contribution in [0.2, 0.25) is 18.1 Å². The normalized spacial score (nSPS) is 15.0. The van der Waals surface area contributed by atoms with Crippen LogP contribution >= 0.6 is 0 Å². The Hall–Kier alpha value is -0.413. The second-order valence-corrected chi connectivity index (χ2v) is 10.9. The number of hydrogen-bond donors (Lipinski definition) is 0. The summed E-state index contributed by atoms with van der Waals surface area (Å²) in [4.78, 5) is 11.7. The molecule has 0 aromatic rings. The molecule has 0 spiro atoms. The third kappa shape index (κ3) is 3.87. The van der Waals surface area contributed by atoms with Gasteiger partial charge in [-0.1, -0.05) is 41.2 Å². The van der Waals surface area contributed by atoms with Crippen LogP contribution in [0.4, 0.5) is 0 Å². The second-order valence-electron chi connectivity index (χ2n) is 6.15. The molecule has 0 rings (SSSR count). The minimum Gasteiger partial charge on any atom is -0.406 e. The molecule has 94 valence electrons. The first kappa shape index (κ1) is 15.6. The Bertz CT molecular complexity index is 262. The molecule has 0 saturated carbocycles. The highest BCUT2D eigenvalue weighted by Crippen LogP contribution is 2.38. The third-order valence-corrected chi connectivity index (χ3v) is 7.77. The van der Waals surface area contributed by atoms with Crippen LogP contribution in [0.3, 0.4) is 0 Å². The van der Waals surface area contributed by atoms with Crippen LogP contribution < -0.4 is 0 Å². The molecule has 0 fully saturated rings. The van der Waals surface area contributed by atoms with Gasteiger partial charge in [0.2, 0.25) is 0 Å². The Kier molecular flexibility index (Phi) is 5.14. The van der Waals surface area contributed by atoms with Crippen LogP contribution in [0.5, 0.6) is 0 Å². The van der Waals surface area contributed by atoms with E-state index in [-0.39, 0.29) is 22.8 Å². The van der Waals surface area contributed by atoms with Gasteiger partial charge in [0.1, 0.15) is 6.10 Å². The zero-order valence-corrected chi connectivity index (χ0v) is 12.8. The number of ketones is 1. The molecule has 16 heavy (non-hydrogen) atoms. The van der Waals surface area contributed by atoms with Gasteiger partial charge in [-0.15, -0.1) is 0 Å². The maximum atomic E-state index is 11.7. The van der Waals surface area contributed by atoms with Crippen molar-refractivity contribution >= 4 is 14.1 Å². The van der Waals surface area contributed by atoms with E-state index >= 15 is 0 Å². The first-order chi connectivity index (χ1) is 7.03. The predicted molar refractivity (Wildman–Crippen MR) is 72.1 cm³/mol. The highest BCUT2D eigenvalue weighted by molar-refractivity contribution is 6.74. The molecule has 0 bridgehead atoms.